The van der Waals surface area contributed by atoms with E-state index in [4.69, 9.17) is 17.3 Å². The number of carbonyl (C=O) groups excluding carboxylic acids is 2. The second kappa shape index (κ2) is 8.23. The Balaban J connectivity index is 0.000000254. The Hall–Kier alpha value is -3.24. The van der Waals surface area contributed by atoms with Gasteiger partial charge in [-0.25, -0.2) is 9.37 Å². The molecule has 1 saturated heterocycles. The van der Waals surface area contributed by atoms with Crippen LogP contribution in [0.4, 0.5) is 4.39 Å². The second-order valence-corrected chi connectivity index (χ2v) is 5.68. The van der Waals surface area contributed by atoms with Gasteiger partial charge in [-0.15, -0.1) is 6.42 Å². The minimum atomic E-state index is -0.722. The lowest BCUT2D eigenvalue weighted by Gasteiger charge is -2.04. The smallest absolute Gasteiger partial charge is 0.267 e. The number of rotatable bonds is 2. The van der Waals surface area contributed by atoms with Gasteiger partial charge in [-0.05, 0) is 36.8 Å². The minimum absolute atomic E-state index is 0.0815. The standard InChI is InChI=1S/C14H9FN2O.C5H9NO2/c1-2-9-6-7-11(15)10(8-9)12-4-3-5-13(17-12)14(16)18;1-6-3-2-4(7)5(6)8/h1,3-8H,(H2,16,18);4,7H,2-3H2,1H3/t;4-/m.0/s1. The van der Waals surface area contributed by atoms with Crippen LogP contribution in [0.5, 0.6) is 0 Å². The number of benzene rings is 1. The van der Waals surface area contributed by atoms with E-state index in [-0.39, 0.29) is 17.2 Å². The SMILES string of the molecule is C#Cc1ccc(F)c(-c2cccc(C(N)=O)n2)c1.CN1CC[C@H](O)C1=O. The monoisotopic (exact) mass is 355 g/mol. The van der Waals surface area contributed by atoms with E-state index in [1.807, 2.05) is 0 Å². The average molecular weight is 355 g/mol. The van der Waals surface area contributed by atoms with Crippen LogP contribution in [0.1, 0.15) is 22.5 Å². The van der Waals surface area contributed by atoms with Crippen LogP contribution in [0.15, 0.2) is 36.4 Å². The molecular formula is C19H18FN3O3. The molecule has 0 saturated carbocycles. The number of carbonyl (C=O) groups is 2. The molecule has 1 aromatic heterocycles. The quantitative estimate of drug-likeness (QED) is 0.791. The van der Waals surface area contributed by atoms with Gasteiger partial charge in [0.1, 0.15) is 17.6 Å². The summed E-state index contributed by atoms with van der Waals surface area (Å²) in [5, 5.41) is 8.78. The topological polar surface area (TPSA) is 96.5 Å². The normalized spacial score (nSPS) is 15.8. The fourth-order valence-corrected chi connectivity index (χ4v) is 2.34. The third kappa shape index (κ3) is 4.43. The fraction of sp³-hybridized carbons (Fsp3) is 0.211. The molecule has 1 aromatic carbocycles. The molecule has 7 heteroatoms. The van der Waals surface area contributed by atoms with Gasteiger partial charge in [0.25, 0.3) is 11.8 Å². The lowest BCUT2D eigenvalue weighted by Crippen LogP contribution is -2.24. The number of aromatic nitrogens is 1. The summed E-state index contributed by atoms with van der Waals surface area (Å²) in [5.41, 5.74) is 6.31. The summed E-state index contributed by atoms with van der Waals surface area (Å²) >= 11 is 0. The Bertz CT molecular complexity index is 865. The average Bonchev–Trinajstić information content (AvgIpc) is 2.94. The third-order valence-electron chi connectivity index (χ3n) is 3.81. The van der Waals surface area contributed by atoms with E-state index in [0.29, 0.717) is 24.2 Å². The van der Waals surface area contributed by atoms with Gasteiger partial charge < -0.3 is 15.7 Å². The van der Waals surface area contributed by atoms with Crippen molar-refractivity contribution in [1.82, 2.24) is 9.88 Å². The molecule has 0 spiro atoms. The van der Waals surface area contributed by atoms with Gasteiger partial charge in [0.2, 0.25) is 0 Å². The fourth-order valence-electron chi connectivity index (χ4n) is 2.34. The highest BCUT2D eigenvalue weighted by molar-refractivity contribution is 5.91. The lowest BCUT2D eigenvalue weighted by atomic mass is 10.1. The van der Waals surface area contributed by atoms with Gasteiger partial charge in [-0.2, -0.15) is 0 Å². The van der Waals surface area contributed by atoms with Crippen LogP contribution in [-0.4, -0.2) is 46.5 Å². The van der Waals surface area contributed by atoms with Crippen molar-refractivity contribution in [1.29, 1.82) is 0 Å². The largest absolute Gasteiger partial charge is 0.383 e. The molecule has 134 valence electrons. The molecule has 1 fully saturated rings. The summed E-state index contributed by atoms with van der Waals surface area (Å²) in [5.74, 6) is 1.15. The van der Waals surface area contributed by atoms with E-state index >= 15 is 0 Å². The van der Waals surface area contributed by atoms with E-state index in [1.54, 1.807) is 19.2 Å². The molecule has 26 heavy (non-hydrogen) atoms. The van der Waals surface area contributed by atoms with E-state index in [2.05, 4.69) is 10.9 Å². The van der Waals surface area contributed by atoms with E-state index in [0.717, 1.165) is 0 Å². The maximum absolute atomic E-state index is 13.7. The Morgan fingerprint density at radius 3 is 2.65 bits per heavy atom. The Kier molecular flexibility index (Phi) is 6.04. The summed E-state index contributed by atoms with van der Waals surface area (Å²) < 4.78 is 13.7. The first-order valence-electron chi connectivity index (χ1n) is 7.80. The summed E-state index contributed by atoms with van der Waals surface area (Å²) in [4.78, 5) is 27.1. The Labute approximate surface area is 150 Å². The highest BCUT2D eigenvalue weighted by Crippen LogP contribution is 2.22. The zero-order chi connectivity index (χ0) is 19.3. The van der Waals surface area contributed by atoms with Gasteiger partial charge in [0.05, 0.1) is 5.69 Å². The van der Waals surface area contributed by atoms with Gasteiger partial charge in [-0.1, -0.05) is 12.0 Å². The molecule has 2 heterocycles. The summed E-state index contributed by atoms with van der Waals surface area (Å²) in [6, 6.07) is 8.91. The number of hydrogen-bond donors (Lipinski definition) is 2. The van der Waals surface area contributed by atoms with Gasteiger partial charge in [0, 0.05) is 24.7 Å². The molecule has 1 atom stereocenters. The second-order valence-electron chi connectivity index (χ2n) is 5.68. The molecule has 0 bridgehead atoms. The van der Waals surface area contributed by atoms with Crippen molar-refractivity contribution in [2.75, 3.05) is 13.6 Å². The predicted octanol–water partition coefficient (Wildman–Crippen LogP) is 1.18. The number of hydrogen-bond acceptors (Lipinski definition) is 4. The molecule has 0 radical (unpaired) electrons. The van der Waals surface area contributed by atoms with E-state index < -0.39 is 17.8 Å². The zero-order valence-electron chi connectivity index (χ0n) is 14.1. The molecule has 1 aliphatic rings. The minimum Gasteiger partial charge on any atom is -0.383 e. The van der Waals surface area contributed by atoms with Gasteiger partial charge >= 0.3 is 0 Å². The van der Waals surface area contributed by atoms with Crippen molar-refractivity contribution in [2.45, 2.75) is 12.5 Å². The van der Waals surface area contributed by atoms with Gasteiger partial charge in [0.15, 0.2) is 0 Å². The number of likely N-dealkylation sites (tertiary alicyclic amines) is 1. The number of halogens is 1. The molecule has 2 aromatic rings. The van der Waals surface area contributed by atoms with Crippen molar-refractivity contribution in [3.63, 3.8) is 0 Å². The van der Waals surface area contributed by atoms with Crippen molar-refractivity contribution in [2.24, 2.45) is 5.73 Å². The van der Waals surface area contributed by atoms with Crippen LogP contribution in [-0.2, 0) is 4.79 Å². The molecule has 0 aliphatic carbocycles. The van der Waals surface area contributed by atoms with Crippen molar-refractivity contribution in [3.05, 3.63) is 53.5 Å². The number of aliphatic hydroxyl groups excluding tert-OH is 1. The lowest BCUT2D eigenvalue weighted by molar-refractivity contribution is -0.133. The first kappa shape index (κ1) is 19.1. The highest BCUT2D eigenvalue weighted by Gasteiger charge is 2.25. The maximum atomic E-state index is 13.7. The van der Waals surface area contributed by atoms with E-state index in [1.165, 1.54) is 29.2 Å². The molecule has 3 rings (SSSR count). The molecule has 6 nitrogen and oxygen atoms in total. The number of nitrogens with two attached hydrogens (primary N) is 1. The van der Waals surface area contributed by atoms with Crippen LogP contribution in [0.2, 0.25) is 0 Å². The molecule has 1 aliphatic heterocycles. The number of nitrogens with zero attached hydrogens (tertiary/aromatic N) is 2. The first-order chi connectivity index (χ1) is 12.3. The number of amides is 2. The molecular weight excluding hydrogens is 337 g/mol. The number of pyridine rings is 1. The van der Waals surface area contributed by atoms with Crippen molar-refractivity contribution < 1.29 is 19.1 Å². The summed E-state index contributed by atoms with van der Waals surface area (Å²) in [6.07, 6.45) is 5.13. The predicted molar refractivity (Wildman–Crippen MR) is 94.3 cm³/mol. The highest BCUT2D eigenvalue weighted by atomic mass is 19.1. The third-order valence-corrected chi connectivity index (χ3v) is 3.81. The van der Waals surface area contributed by atoms with Crippen LogP contribution in [0, 0.1) is 18.2 Å². The number of primary amides is 1. The molecule has 2 amide bonds. The van der Waals surface area contributed by atoms with Gasteiger partial charge in [-0.3, -0.25) is 9.59 Å². The Morgan fingerprint density at radius 1 is 1.42 bits per heavy atom. The number of terminal acetylenes is 1. The zero-order valence-corrected chi connectivity index (χ0v) is 14.1. The molecule has 0 unspecified atom stereocenters. The van der Waals surface area contributed by atoms with Crippen LogP contribution < -0.4 is 5.73 Å². The van der Waals surface area contributed by atoms with Crippen molar-refractivity contribution >= 4 is 11.8 Å². The summed E-state index contributed by atoms with van der Waals surface area (Å²) in [6.45, 7) is 0.694. The van der Waals surface area contributed by atoms with E-state index in [9.17, 15) is 14.0 Å². The van der Waals surface area contributed by atoms with Crippen LogP contribution in [0.25, 0.3) is 11.3 Å². The molecule has 3 N–H and O–H groups in total. The first-order valence-corrected chi connectivity index (χ1v) is 7.80. The van der Waals surface area contributed by atoms with Crippen molar-refractivity contribution in [3.8, 4) is 23.6 Å². The van der Waals surface area contributed by atoms with Crippen LogP contribution in [0.3, 0.4) is 0 Å². The number of aliphatic hydroxyl groups is 1. The maximum Gasteiger partial charge on any atom is 0.267 e. The Morgan fingerprint density at radius 2 is 2.15 bits per heavy atom. The number of likely N-dealkylation sites (N-methyl/N-ethyl adjacent to an activating group) is 1. The summed E-state index contributed by atoms with van der Waals surface area (Å²) in [7, 11) is 1.69. The van der Waals surface area contributed by atoms with Crippen LogP contribution >= 0.6 is 0 Å².